The number of aryl methyl sites for hydroxylation is 1. The Morgan fingerprint density at radius 1 is 1.07 bits per heavy atom. The highest BCUT2D eigenvalue weighted by molar-refractivity contribution is 9.10. The number of rotatable bonds is 8. The van der Waals surface area contributed by atoms with Gasteiger partial charge in [-0.25, -0.2) is 12.8 Å². The SMILES string of the molecule is O=C(CCc1cccnc1)Cc1ccc(NS(=O)(=O)c2ccc(F)cc2Br)cc1. The summed E-state index contributed by atoms with van der Waals surface area (Å²) in [5.41, 5.74) is 2.16. The molecule has 2 aromatic carbocycles. The Balaban J connectivity index is 1.60. The summed E-state index contributed by atoms with van der Waals surface area (Å²) in [6.07, 6.45) is 4.76. The van der Waals surface area contributed by atoms with Crippen LogP contribution >= 0.6 is 15.9 Å². The fraction of sp³-hybridized carbons (Fsp3) is 0.143. The number of hydrogen-bond acceptors (Lipinski definition) is 4. The Morgan fingerprint density at radius 2 is 1.83 bits per heavy atom. The van der Waals surface area contributed by atoms with Gasteiger partial charge in [0.25, 0.3) is 10.0 Å². The van der Waals surface area contributed by atoms with Gasteiger partial charge in [-0.3, -0.25) is 14.5 Å². The van der Waals surface area contributed by atoms with Gasteiger partial charge in [-0.15, -0.1) is 0 Å². The van der Waals surface area contributed by atoms with Crippen molar-refractivity contribution < 1.29 is 17.6 Å². The van der Waals surface area contributed by atoms with Crippen molar-refractivity contribution in [2.24, 2.45) is 0 Å². The first-order valence-electron chi connectivity index (χ1n) is 8.81. The van der Waals surface area contributed by atoms with Crippen molar-refractivity contribution in [2.75, 3.05) is 4.72 Å². The summed E-state index contributed by atoms with van der Waals surface area (Å²) in [7, 11) is -3.87. The maximum Gasteiger partial charge on any atom is 0.263 e. The number of aromatic nitrogens is 1. The molecule has 150 valence electrons. The highest BCUT2D eigenvalue weighted by Crippen LogP contribution is 2.25. The van der Waals surface area contributed by atoms with Crippen LogP contribution in [0.25, 0.3) is 0 Å². The van der Waals surface area contributed by atoms with E-state index in [1.54, 1.807) is 36.7 Å². The Morgan fingerprint density at radius 3 is 2.48 bits per heavy atom. The third kappa shape index (κ3) is 5.95. The largest absolute Gasteiger partial charge is 0.299 e. The molecule has 0 aliphatic rings. The number of sulfonamides is 1. The van der Waals surface area contributed by atoms with Gasteiger partial charge >= 0.3 is 0 Å². The normalized spacial score (nSPS) is 11.2. The molecule has 1 N–H and O–H groups in total. The molecule has 0 radical (unpaired) electrons. The van der Waals surface area contributed by atoms with E-state index in [1.807, 2.05) is 12.1 Å². The van der Waals surface area contributed by atoms with Crippen molar-refractivity contribution in [3.63, 3.8) is 0 Å². The van der Waals surface area contributed by atoms with Gasteiger partial charge < -0.3 is 0 Å². The van der Waals surface area contributed by atoms with Crippen molar-refractivity contribution in [1.82, 2.24) is 4.98 Å². The van der Waals surface area contributed by atoms with E-state index in [-0.39, 0.29) is 21.6 Å². The molecule has 0 bridgehead atoms. The van der Waals surface area contributed by atoms with Crippen LogP contribution in [-0.2, 0) is 27.7 Å². The highest BCUT2D eigenvalue weighted by atomic mass is 79.9. The maximum absolute atomic E-state index is 13.2. The van der Waals surface area contributed by atoms with Crippen LogP contribution in [0.5, 0.6) is 0 Å². The van der Waals surface area contributed by atoms with Gasteiger partial charge in [-0.1, -0.05) is 18.2 Å². The van der Waals surface area contributed by atoms with Crippen LogP contribution in [0.2, 0.25) is 0 Å². The van der Waals surface area contributed by atoms with E-state index in [1.165, 1.54) is 6.07 Å². The van der Waals surface area contributed by atoms with Crippen LogP contribution in [0.4, 0.5) is 10.1 Å². The van der Waals surface area contributed by atoms with Gasteiger partial charge in [0.15, 0.2) is 0 Å². The molecule has 0 fully saturated rings. The molecular weight excluding hydrogens is 459 g/mol. The first-order valence-corrected chi connectivity index (χ1v) is 11.1. The van der Waals surface area contributed by atoms with Crippen molar-refractivity contribution in [2.45, 2.75) is 24.2 Å². The summed E-state index contributed by atoms with van der Waals surface area (Å²) < 4.78 is 40.8. The molecule has 0 aliphatic carbocycles. The lowest BCUT2D eigenvalue weighted by molar-refractivity contribution is -0.118. The van der Waals surface area contributed by atoms with Gasteiger partial charge in [0.05, 0.1) is 0 Å². The van der Waals surface area contributed by atoms with Crippen molar-refractivity contribution in [3.8, 4) is 0 Å². The van der Waals surface area contributed by atoms with E-state index in [4.69, 9.17) is 0 Å². The van der Waals surface area contributed by atoms with Crippen LogP contribution in [0.1, 0.15) is 17.5 Å². The Kier molecular flexibility index (Phi) is 6.76. The molecule has 8 heteroatoms. The molecule has 0 unspecified atom stereocenters. The Labute approximate surface area is 177 Å². The lowest BCUT2D eigenvalue weighted by Gasteiger charge is -2.10. The molecule has 0 saturated carbocycles. The fourth-order valence-corrected chi connectivity index (χ4v) is 4.85. The van der Waals surface area contributed by atoms with Crippen LogP contribution in [-0.4, -0.2) is 19.2 Å². The second kappa shape index (κ2) is 9.28. The third-order valence-corrected chi connectivity index (χ3v) is 6.56. The number of nitrogens with zero attached hydrogens (tertiary/aromatic N) is 1. The summed E-state index contributed by atoms with van der Waals surface area (Å²) in [6, 6.07) is 13.7. The molecular formula is C21H18BrFN2O3S. The van der Waals surface area contributed by atoms with Gasteiger partial charge in [0, 0.05) is 35.4 Å². The smallest absolute Gasteiger partial charge is 0.263 e. The number of benzene rings is 2. The number of pyridine rings is 1. The van der Waals surface area contributed by atoms with Crippen molar-refractivity contribution in [3.05, 3.63) is 88.4 Å². The van der Waals surface area contributed by atoms with E-state index in [0.29, 0.717) is 18.5 Å². The first-order chi connectivity index (χ1) is 13.8. The van der Waals surface area contributed by atoms with E-state index in [9.17, 15) is 17.6 Å². The number of carbonyl (C=O) groups excluding carboxylic acids is 1. The van der Waals surface area contributed by atoms with Crippen LogP contribution < -0.4 is 4.72 Å². The lowest BCUT2D eigenvalue weighted by Crippen LogP contribution is -2.13. The molecule has 0 aliphatic heterocycles. The molecule has 0 saturated heterocycles. The molecule has 0 spiro atoms. The summed E-state index contributed by atoms with van der Waals surface area (Å²) in [5.74, 6) is -0.439. The highest BCUT2D eigenvalue weighted by Gasteiger charge is 2.18. The number of anilines is 1. The summed E-state index contributed by atoms with van der Waals surface area (Å²) in [4.78, 5) is 16.1. The van der Waals surface area contributed by atoms with Gasteiger partial charge in [-0.2, -0.15) is 0 Å². The summed E-state index contributed by atoms with van der Waals surface area (Å²) in [5, 5.41) is 0. The molecule has 0 atom stereocenters. The van der Waals surface area contributed by atoms with Gasteiger partial charge in [0.2, 0.25) is 0 Å². The molecule has 1 aromatic heterocycles. The average molecular weight is 477 g/mol. The Bertz CT molecular complexity index is 1100. The minimum Gasteiger partial charge on any atom is -0.299 e. The first kappa shape index (κ1) is 21.1. The van der Waals surface area contributed by atoms with E-state index in [0.717, 1.165) is 23.3 Å². The number of ketones is 1. The number of nitrogens with one attached hydrogen (secondary N) is 1. The quantitative estimate of drug-likeness (QED) is 0.518. The number of carbonyl (C=O) groups is 1. The van der Waals surface area contributed by atoms with Crippen molar-refractivity contribution >= 4 is 37.4 Å². The topological polar surface area (TPSA) is 76.1 Å². The molecule has 3 aromatic rings. The number of hydrogen-bond donors (Lipinski definition) is 1. The zero-order valence-electron chi connectivity index (χ0n) is 15.3. The average Bonchev–Trinajstić information content (AvgIpc) is 2.68. The minimum absolute atomic E-state index is 0.0615. The second-order valence-electron chi connectivity index (χ2n) is 6.45. The predicted octanol–water partition coefficient (Wildman–Crippen LogP) is 4.53. The van der Waals surface area contributed by atoms with Gasteiger partial charge in [-0.05, 0) is 69.9 Å². The lowest BCUT2D eigenvalue weighted by atomic mass is 10.0. The second-order valence-corrected chi connectivity index (χ2v) is 8.96. The molecule has 0 amide bonds. The zero-order valence-corrected chi connectivity index (χ0v) is 17.7. The van der Waals surface area contributed by atoms with Gasteiger partial charge in [0.1, 0.15) is 16.5 Å². The number of halogens is 2. The van der Waals surface area contributed by atoms with Crippen molar-refractivity contribution in [1.29, 1.82) is 0 Å². The van der Waals surface area contributed by atoms with Crippen LogP contribution in [0, 0.1) is 5.82 Å². The summed E-state index contributed by atoms with van der Waals surface area (Å²) >= 11 is 3.07. The van der Waals surface area contributed by atoms with E-state index < -0.39 is 15.8 Å². The van der Waals surface area contributed by atoms with E-state index in [2.05, 4.69) is 25.6 Å². The number of Topliss-reactive ketones (excluding diaryl/α,β-unsaturated/α-hetero) is 1. The molecule has 3 rings (SSSR count). The Hall–Kier alpha value is -2.58. The molecule has 5 nitrogen and oxygen atoms in total. The van der Waals surface area contributed by atoms with E-state index >= 15 is 0 Å². The van der Waals surface area contributed by atoms with Crippen LogP contribution in [0.3, 0.4) is 0 Å². The zero-order chi connectivity index (χ0) is 20.9. The molecule has 29 heavy (non-hydrogen) atoms. The third-order valence-electron chi connectivity index (χ3n) is 4.21. The predicted molar refractivity (Wildman–Crippen MR) is 113 cm³/mol. The monoisotopic (exact) mass is 476 g/mol. The maximum atomic E-state index is 13.2. The molecule has 1 heterocycles. The fourth-order valence-electron chi connectivity index (χ4n) is 2.74. The standard InChI is InChI=1S/C21H18BrFN2O3S/c22-20-13-17(23)6-10-21(20)29(27,28)25-18-7-3-15(4-8-18)12-19(26)9-5-16-2-1-11-24-14-16/h1-4,6-8,10-11,13-14,25H,5,9,12H2. The minimum atomic E-state index is -3.87. The van der Waals surface area contributed by atoms with Crippen LogP contribution in [0.15, 0.2) is 76.4 Å². The summed E-state index contributed by atoms with van der Waals surface area (Å²) in [6.45, 7) is 0.